The van der Waals surface area contributed by atoms with Gasteiger partial charge in [0.15, 0.2) is 11.6 Å². The van der Waals surface area contributed by atoms with Crippen LogP contribution in [0.3, 0.4) is 0 Å². The first-order chi connectivity index (χ1) is 18.5. The van der Waals surface area contributed by atoms with E-state index < -0.39 is 0 Å². The summed E-state index contributed by atoms with van der Waals surface area (Å²) in [5.41, 5.74) is 3.18. The smallest absolute Gasteiger partial charge is 0.273 e. The van der Waals surface area contributed by atoms with E-state index in [0.717, 1.165) is 31.5 Å². The molecule has 2 N–H and O–H groups in total. The molecular weight excluding hydrogens is 612 g/mol. The normalized spacial score (nSPS) is 10.6. The van der Waals surface area contributed by atoms with Crippen molar-refractivity contribution in [2.24, 2.45) is 0 Å². The van der Waals surface area contributed by atoms with E-state index in [1.807, 2.05) is 72.8 Å². The largest absolute Gasteiger partial charge is 0.289 e. The summed E-state index contributed by atoms with van der Waals surface area (Å²) in [5.74, 6) is 1.16. The molecule has 8 nitrogen and oxygen atoms in total. The van der Waals surface area contributed by atoms with Crippen LogP contribution in [0.5, 0.6) is 0 Å². The first-order valence-corrected chi connectivity index (χ1v) is 13.1. The zero-order chi connectivity index (χ0) is 26.5. The van der Waals surface area contributed by atoms with Crippen molar-refractivity contribution < 1.29 is 0 Å². The number of aromatic nitrogens is 6. The maximum absolute atomic E-state index is 12.0. The van der Waals surface area contributed by atoms with Gasteiger partial charge >= 0.3 is 0 Å². The molecular formula is C28H20Br2N6O2. The third-order valence-corrected chi connectivity index (χ3v) is 6.57. The lowest BCUT2D eigenvalue weighted by atomic mass is 10.2. The van der Waals surface area contributed by atoms with Crippen LogP contribution < -0.4 is 11.1 Å². The fourth-order valence-electron chi connectivity index (χ4n) is 3.66. The van der Waals surface area contributed by atoms with Crippen molar-refractivity contribution in [2.75, 3.05) is 0 Å². The summed E-state index contributed by atoms with van der Waals surface area (Å²) in [6.07, 6.45) is 3.31. The lowest BCUT2D eigenvalue weighted by Crippen LogP contribution is -2.14. The van der Waals surface area contributed by atoms with Gasteiger partial charge in [0.05, 0.1) is 11.4 Å². The van der Waals surface area contributed by atoms with E-state index in [2.05, 4.69) is 52.0 Å². The fourth-order valence-corrected chi connectivity index (χ4v) is 4.19. The molecule has 38 heavy (non-hydrogen) atoms. The van der Waals surface area contributed by atoms with E-state index in [4.69, 9.17) is 0 Å². The Morgan fingerprint density at radius 2 is 0.947 bits per heavy atom. The minimum Gasteiger partial charge on any atom is -0.289 e. The molecule has 10 heteroatoms. The second kappa shape index (κ2) is 11.4. The molecule has 0 amide bonds. The van der Waals surface area contributed by atoms with Gasteiger partial charge in [0.1, 0.15) is 0 Å². The molecule has 0 atom stereocenters. The van der Waals surface area contributed by atoms with Gasteiger partial charge in [-0.15, -0.1) is 0 Å². The van der Waals surface area contributed by atoms with Crippen LogP contribution >= 0.6 is 31.9 Å². The number of nitrogens with one attached hydrogen (secondary N) is 2. The lowest BCUT2D eigenvalue weighted by molar-refractivity contribution is 0.822. The molecule has 2 aromatic carbocycles. The van der Waals surface area contributed by atoms with E-state index in [0.29, 0.717) is 11.6 Å². The number of halogens is 2. The van der Waals surface area contributed by atoms with Crippen molar-refractivity contribution in [1.82, 2.24) is 29.5 Å². The summed E-state index contributed by atoms with van der Waals surface area (Å²) in [5, 5.41) is 6.12. The van der Waals surface area contributed by atoms with Crippen molar-refractivity contribution in [1.29, 1.82) is 0 Å². The first kappa shape index (κ1) is 25.4. The predicted octanol–water partition coefficient (Wildman–Crippen LogP) is 5.98. The minimum atomic E-state index is -0.128. The molecule has 0 unspecified atom stereocenters. The average molecular weight is 632 g/mol. The Bertz CT molecular complexity index is 1620. The Balaban J connectivity index is 0.000000155. The van der Waals surface area contributed by atoms with Crippen LogP contribution in [-0.2, 0) is 0 Å². The van der Waals surface area contributed by atoms with Crippen LogP contribution in [0.1, 0.15) is 0 Å². The van der Waals surface area contributed by atoms with Gasteiger partial charge in [0, 0.05) is 33.5 Å². The standard InChI is InChI=1S/2C14H10BrN3O/c2*15-11-6-4-10(5-7-11)12-9-14(19)18(17-12)13-3-1-2-8-16-13/h2*1-9,17H. The highest BCUT2D eigenvalue weighted by atomic mass is 79.9. The quantitative estimate of drug-likeness (QED) is 0.250. The van der Waals surface area contributed by atoms with Crippen LogP contribution in [0.15, 0.2) is 128 Å². The predicted molar refractivity (Wildman–Crippen MR) is 155 cm³/mol. The molecule has 0 bridgehead atoms. The van der Waals surface area contributed by atoms with E-state index >= 15 is 0 Å². The Hall–Kier alpha value is -4.28. The monoisotopic (exact) mass is 630 g/mol. The minimum absolute atomic E-state index is 0.128. The maximum atomic E-state index is 12.0. The molecule has 0 radical (unpaired) electrons. The van der Waals surface area contributed by atoms with Gasteiger partial charge in [0.2, 0.25) is 0 Å². The zero-order valence-corrected chi connectivity index (χ0v) is 22.9. The number of nitrogens with zero attached hydrogens (tertiary/aromatic N) is 4. The van der Waals surface area contributed by atoms with E-state index in [1.165, 1.54) is 9.36 Å². The average Bonchev–Trinajstić information content (AvgIpc) is 3.53. The molecule has 0 saturated carbocycles. The van der Waals surface area contributed by atoms with Gasteiger partial charge in [-0.3, -0.25) is 19.8 Å². The third-order valence-electron chi connectivity index (χ3n) is 5.51. The van der Waals surface area contributed by atoms with Crippen LogP contribution in [0.25, 0.3) is 34.2 Å². The molecule has 0 fully saturated rings. The van der Waals surface area contributed by atoms with Gasteiger partial charge in [-0.1, -0.05) is 68.3 Å². The lowest BCUT2D eigenvalue weighted by Gasteiger charge is -2.01. The summed E-state index contributed by atoms with van der Waals surface area (Å²) in [6, 6.07) is 29.5. The second-order valence-corrected chi connectivity index (χ2v) is 9.91. The summed E-state index contributed by atoms with van der Waals surface area (Å²) in [6.45, 7) is 0. The highest BCUT2D eigenvalue weighted by Crippen LogP contribution is 2.20. The Labute approximate surface area is 233 Å². The summed E-state index contributed by atoms with van der Waals surface area (Å²) < 4.78 is 4.86. The molecule has 6 aromatic rings. The first-order valence-electron chi connectivity index (χ1n) is 11.5. The highest BCUT2D eigenvalue weighted by Gasteiger charge is 2.08. The highest BCUT2D eigenvalue weighted by molar-refractivity contribution is 9.10. The van der Waals surface area contributed by atoms with E-state index in [9.17, 15) is 9.59 Å². The summed E-state index contributed by atoms with van der Waals surface area (Å²) in [7, 11) is 0. The van der Waals surface area contributed by atoms with Crippen LogP contribution in [0, 0.1) is 0 Å². The van der Waals surface area contributed by atoms with Crippen molar-refractivity contribution in [3.05, 3.63) is 139 Å². The van der Waals surface area contributed by atoms with Gasteiger partial charge in [-0.05, 0) is 59.7 Å². The Morgan fingerprint density at radius 3 is 1.29 bits per heavy atom. The van der Waals surface area contributed by atoms with Crippen LogP contribution in [-0.4, -0.2) is 29.5 Å². The molecule has 0 aliphatic rings. The number of pyridine rings is 2. The topological polar surface area (TPSA) is 101 Å². The fraction of sp³-hybridized carbons (Fsp3) is 0. The summed E-state index contributed by atoms with van der Waals surface area (Å²) >= 11 is 6.77. The van der Waals surface area contributed by atoms with Gasteiger partial charge in [-0.2, -0.15) is 0 Å². The van der Waals surface area contributed by atoms with E-state index in [-0.39, 0.29) is 11.1 Å². The molecule has 0 spiro atoms. The number of aromatic amines is 2. The van der Waals surface area contributed by atoms with Crippen LogP contribution in [0.4, 0.5) is 0 Å². The maximum Gasteiger partial charge on any atom is 0.273 e. The second-order valence-electron chi connectivity index (χ2n) is 8.08. The van der Waals surface area contributed by atoms with Crippen molar-refractivity contribution >= 4 is 31.9 Å². The molecule has 0 aliphatic heterocycles. The van der Waals surface area contributed by atoms with Crippen molar-refractivity contribution in [3.63, 3.8) is 0 Å². The number of hydrogen-bond acceptors (Lipinski definition) is 4. The Kier molecular flexibility index (Phi) is 7.62. The summed E-state index contributed by atoms with van der Waals surface area (Å²) in [4.78, 5) is 32.2. The number of rotatable bonds is 4. The van der Waals surface area contributed by atoms with Crippen molar-refractivity contribution in [2.45, 2.75) is 0 Å². The third kappa shape index (κ3) is 5.82. The van der Waals surface area contributed by atoms with Gasteiger partial charge < -0.3 is 0 Å². The Morgan fingerprint density at radius 1 is 0.553 bits per heavy atom. The zero-order valence-electron chi connectivity index (χ0n) is 19.8. The SMILES string of the molecule is O=c1cc(-c2ccc(Br)cc2)[nH]n1-c1ccccn1.O=c1cc(-c2ccc(Br)cc2)[nH]n1-c1ccccn1. The molecule has 6 rings (SSSR count). The molecule has 4 heterocycles. The molecule has 0 saturated heterocycles. The number of hydrogen-bond donors (Lipinski definition) is 2. The molecule has 188 valence electrons. The molecule has 0 aliphatic carbocycles. The number of benzene rings is 2. The van der Waals surface area contributed by atoms with E-state index in [1.54, 1.807) is 36.7 Å². The molecule has 4 aromatic heterocycles. The van der Waals surface area contributed by atoms with Gasteiger partial charge in [0.25, 0.3) is 11.1 Å². The van der Waals surface area contributed by atoms with Crippen LogP contribution in [0.2, 0.25) is 0 Å². The van der Waals surface area contributed by atoms with Gasteiger partial charge in [-0.25, -0.2) is 19.3 Å². The number of H-pyrrole nitrogens is 2. The van der Waals surface area contributed by atoms with Crippen molar-refractivity contribution in [3.8, 4) is 34.2 Å².